The molecule has 9 aromatic rings. The number of rotatable bonds is 1. The van der Waals surface area contributed by atoms with E-state index in [9.17, 15) is 0 Å². The van der Waals surface area contributed by atoms with E-state index in [1.54, 1.807) is 0 Å². The van der Waals surface area contributed by atoms with Crippen molar-refractivity contribution >= 4 is 60.3 Å². The second kappa shape index (κ2) is 7.55. The van der Waals surface area contributed by atoms with Gasteiger partial charge in [0.15, 0.2) is 5.65 Å². The fourth-order valence-corrected chi connectivity index (χ4v) is 7.23. The summed E-state index contributed by atoms with van der Waals surface area (Å²) in [5.74, 6) is 0. The van der Waals surface area contributed by atoms with Crippen LogP contribution in [0.15, 0.2) is 116 Å². The van der Waals surface area contributed by atoms with Gasteiger partial charge in [-0.2, -0.15) is 0 Å². The van der Waals surface area contributed by atoms with Crippen molar-refractivity contribution in [2.45, 2.75) is 6.42 Å². The van der Waals surface area contributed by atoms with Crippen LogP contribution in [-0.4, -0.2) is 23.9 Å². The van der Waals surface area contributed by atoms with Crippen molar-refractivity contribution in [3.63, 3.8) is 0 Å². The molecule has 0 amide bonds. The minimum Gasteiger partial charge on any atom is -0.309 e. The van der Waals surface area contributed by atoms with Crippen LogP contribution in [0.4, 0.5) is 0 Å². The first kappa shape index (κ1) is 21.3. The first-order chi connectivity index (χ1) is 20.4. The van der Waals surface area contributed by atoms with Gasteiger partial charge >= 0.3 is 0 Å². The van der Waals surface area contributed by atoms with Gasteiger partial charge in [0.1, 0.15) is 11.2 Å². The summed E-state index contributed by atoms with van der Waals surface area (Å²) in [5.41, 5.74) is 12.7. The third-order valence-corrected chi connectivity index (χ3v) is 8.86. The average molecular weight is 524 g/mol. The molecule has 0 aliphatic heterocycles. The first-order valence-corrected chi connectivity index (χ1v) is 13.9. The smallest absolute Gasteiger partial charge is 0.164 e. The van der Waals surface area contributed by atoms with Crippen molar-refractivity contribution in [1.29, 1.82) is 0 Å². The lowest BCUT2D eigenvalue weighted by Crippen LogP contribution is -1.96. The Balaban J connectivity index is 1.40. The standard InChI is InChI=1S/C36H21N5/c1-2-7-22(8-3-1)40-30-11-5-4-9-23(30)26-13-12-21-19-27-24(32(21)34(26)40)14-15-25-28-20-37-18-16-31(28)41-35-29(10-6-17-38-35)39-36(41)33(25)27/h1-18,20H,19H2. The third kappa shape index (κ3) is 2.63. The summed E-state index contributed by atoms with van der Waals surface area (Å²) in [6.07, 6.45) is 6.53. The van der Waals surface area contributed by atoms with Crippen molar-refractivity contribution in [1.82, 2.24) is 23.9 Å². The van der Waals surface area contributed by atoms with Crippen LogP contribution in [0, 0.1) is 0 Å². The number of aromatic nitrogens is 5. The van der Waals surface area contributed by atoms with Gasteiger partial charge in [-0.3, -0.25) is 9.38 Å². The maximum absolute atomic E-state index is 5.17. The highest BCUT2D eigenvalue weighted by molar-refractivity contribution is 6.20. The van der Waals surface area contributed by atoms with Crippen LogP contribution < -0.4 is 0 Å². The van der Waals surface area contributed by atoms with Gasteiger partial charge in [-0.05, 0) is 64.9 Å². The Hall–Kier alpha value is -5.55. The summed E-state index contributed by atoms with van der Waals surface area (Å²) in [6, 6.07) is 34.8. The minimum atomic E-state index is 0.853. The largest absolute Gasteiger partial charge is 0.309 e. The topological polar surface area (TPSA) is 48.0 Å². The number of hydrogen-bond acceptors (Lipinski definition) is 3. The Morgan fingerprint density at radius 1 is 0.634 bits per heavy atom. The Bertz CT molecular complexity index is 2550. The molecule has 5 heterocycles. The molecule has 4 aromatic carbocycles. The van der Waals surface area contributed by atoms with Gasteiger partial charge in [-0.25, -0.2) is 9.97 Å². The molecule has 0 saturated heterocycles. The normalized spacial score (nSPS) is 12.8. The maximum Gasteiger partial charge on any atom is 0.164 e. The lowest BCUT2D eigenvalue weighted by molar-refractivity contribution is 1.18. The van der Waals surface area contributed by atoms with Crippen molar-refractivity contribution in [2.24, 2.45) is 0 Å². The highest BCUT2D eigenvalue weighted by atomic mass is 15.1. The fraction of sp³-hybridized carbons (Fsp3) is 0.0278. The molecule has 0 spiro atoms. The molecule has 5 aromatic heterocycles. The van der Waals surface area contributed by atoms with E-state index < -0.39 is 0 Å². The van der Waals surface area contributed by atoms with E-state index in [2.05, 4.69) is 98.9 Å². The highest BCUT2D eigenvalue weighted by Crippen LogP contribution is 2.48. The van der Waals surface area contributed by atoms with Crippen molar-refractivity contribution in [3.05, 3.63) is 127 Å². The summed E-state index contributed by atoms with van der Waals surface area (Å²) in [7, 11) is 0. The quantitative estimate of drug-likeness (QED) is 0.204. The van der Waals surface area contributed by atoms with Crippen molar-refractivity contribution < 1.29 is 0 Å². The van der Waals surface area contributed by atoms with Crippen molar-refractivity contribution in [3.8, 4) is 16.8 Å². The van der Waals surface area contributed by atoms with Gasteiger partial charge in [0.25, 0.3) is 0 Å². The number of imidazole rings is 1. The number of fused-ring (bicyclic) bond motifs is 16. The number of para-hydroxylation sites is 2. The van der Waals surface area contributed by atoms with Gasteiger partial charge < -0.3 is 4.57 Å². The Labute approximate surface area is 234 Å². The molecule has 41 heavy (non-hydrogen) atoms. The minimum absolute atomic E-state index is 0.853. The number of nitrogens with zero attached hydrogens (tertiary/aromatic N) is 5. The lowest BCUT2D eigenvalue weighted by Gasteiger charge is -2.13. The van der Waals surface area contributed by atoms with Crippen LogP contribution in [-0.2, 0) is 6.42 Å². The molecule has 0 saturated carbocycles. The van der Waals surface area contributed by atoms with Gasteiger partial charge in [-0.1, -0.05) is 60.7 Å². The summed E-state index contributed by atoms with van der Waals surface area (Å²) < 4.78 is 4.66. The van der Waals surface area contributed by atoms with E-state index in [-0.39, 0.29) is 0 Å². The molecule has 5 heteroatoms. The summed E-state index contributed by atoms with van der Waals surface area (Å²) in [6.45, 7) is 0. The summed E-state index contributed by atoms with van der Waals surface area (Å²) in [4.78, 5) is 14.4. The monoisotopic (exact) mass is 523 g/mol. The fourth-order valence-electron chi connectivity index (χ4n) is 7.23. The summed E-state index contributed by atoms with van der Waals surface area (Å²) in [5, 5.41) is 6.03. The van der Waals surface area contributed by atoms with E-state index in [1.807, 2.05) is 30.7 Å². The number of pyridine rings is 3. The van der Waals surface area contributed by atoms with Gasteiger partial charge in [0.05, 0.1) is 16.6 Å². The summed E-state index contributed by atoms with van der Waals surface area (Å²) >= 11 is 0. The molecule has 190 valence electrons. The Morgan fingerprint density at radius 3 is 2.46 bits per heavy atom. The molecule has 1 aliphatic rings. The zero-order valence-electron chi connectivity index (χ0n) is 21.9. The molecule has 0 atom stereocenters. The zero-order chi connectivity index (χ0) is 26.7. The SMILES string of the molecule is c1ccc(-n2c3ccccc3c3ccc4c(c32)-c2ccc3c5cnccc5n5c6ncccc6nc5c3c2C4)cc1. The molecule has 1 aliphatic carbocycles. The molecule has 0 N–H and O–H groups in total. The predicted octanol–water partition coefficient (Wildman–Crippen LogP) is 8.25. The molecule has 0 unspecified atom stereocenters. The van der Waals surface area contributed by atoms with Crippen LogP contribution in [0.5, 0.6) is 0 Å². The molecule has 10 rings (SSSR count). The van der Waals surface area contributed by atoms with E-state index in [0.717, 1.165) is 34.1 Å². The van der Waals surface area contributed by atoms with Crippen LogP contribution in [0.25, 0.3) is 77.1 Å². The van der Waals surface area contributed by atoms with Gasteiger partial charge in [0, 0.05) is 51.4 Å². The number of hydrogen-bond donors (Lipinski definition) is 0. The average Bonchev–Trinajstić information content (AvgIpc) is 3.71. The van der Waals surface area contributed by atoms with E-state index in [1.165, 1.54) is 60.5 Å². The molecule has 0 radical (unpaired) electrons. The van der Waals surface area contributed by atoms with Crippen molar-refractivity contribution in [2.75, 3.05) is 0 Å². The van der Waals surface area contributed by atoms with E-state index >= 15 is 0 Å². The Kier molecular flexibility index (Phi) is 3.92. The van der Waals surface area contributed by atoms with Crippen LogP contribution in [0.1, 0.15) is 11.1 Å². The maximum atomic E-state index is 5.17. The van der Waals surface area contributed by atoms with Gasteiger partial charge in [0.2, 0.25) is 0 Å². The third-order valence-electron chi connectivity index (χ3n) is 8.86. The van der Waals surface area contributed by atoms with E-state index in [0.29, 0.717) is 0 Å². The second-order valence-electron chi connectivity index (χ2n) is 10.9. The second-order valence-corrected chi connectivity index (χ2v) is 10.9. The molecular weight excluding hydrogens is 502 g/mol. The van der Waals surface area contributed by atoms with E-state index in [4.69, 9.17) is 9.97 Å². The molecule has 5 nitrogen and oxygen atoms in total. The molecular formula is C36H21N5. The predicted molar refractivity (Wildman–Crippen MR) is 166 cm³/mol. The van der Waals surface area contributed by atoms with Crippen LogP contribution in [0.3, 0.4) is 0 Å². The molecule has 0 bridgehead atoms. The molecule has 0 fully saturated rings. The zero-order valence-corrected chi connectivity index (χ0v) is 21.9. The van der Waals surface area contributed by atoms with Crippen LogP contribution in [0.2, 0.25) is 0 Å². The number of benzene rings is 4. The highest BCUT2D eigenvalue weighted by Gasteiger charge is 2.28. The van der Waals surface area contributed by atoms with Gasteiger partial charge in [-0.15, -0.1) is 0 Å². The Morgan fingerprint density at radius 2 is 1.51 bits per heavy atom. The first-order valence-electron chi connectivity index (χ1n) is 13.9. The van der Waals surface area contributed by atoms with Crippen LogP contribution >= 0.6 is 0 Å². The lowest BCUT2D eigenvalue weighted by atomic mass is 9.97.